The van der Waals surface area contributed by atoms with Gasteiger partial charge in [-0.25, -0.2) is 0 Å². The lowest BCUT2D eigenvalue weighted by molar-refractivity contribution is -0.226. The molecule has 2 heteroatoms. The lowest BCUT2D eigenvalue weighted by Gasteiger charge is -2.52. The zero-order chi connectivity index (χ0) is 15.6. The first-order valence-corrected chi connectivity index (χ1v) is 9.11. The average molecular weight is 302 g/mol. The highest BCUT2D eigenvalue weighted by Crippen LogP contribution is 2.65. The van der Waals surface area contributed by atoms with E-state index >= 15 is 0 Å². The van der Waals surface area contributed by atoms with Crippen molar-refractivity contribution in [3.63, 3.8) is 0 Å². The Labute approximate surface area is 134 Å². The van der Waals surface area contributed by atoms with Crippen LogP contribution in [0.4, 0.5) is 0 Å². The van der Waals surface area contributed by atoms with Crippen molar-refractivity contribution in [2.45, 2.75) is 65.1 Å². The third-order valence-electron chi connectivity index (χ3n) is 7.80. The van der Waals surface area contributed by atoms with E-state index in [-0.39, 0.29) is 16.6 Å². The Morgan fingerprint density at radius 1 is 1.09 bits per heavy atom. The molecular formula is C20H30O2. The summed E-state index contributed by atoms with van der Waals surface area (Å²) in [5.74, 6) is 1.08. The summed E-state index contributed by atoms with van der Waals surface area (Å²) in [6.45, 7) is 13.0. The molecule has 0 N–H and O–H groups in total. The van der Waals surface area contributed by atoms with E-state index in [1.807, 2.05) is 0 Å². The number of ether oxygens (including phenoxy) is 2. The summed E-state index contributed by atoms with van der Waals surface area (Å²) in [5, 5.41) is 0. The van der Waals surface area contributed by atoms with Crippen LogP contribution >= 0.6 is 0 Å². The van der Waals surface area contributed by atoms with Gasteiger partial charge < -0.3 is 9.47 Å². The molecule has 1 aliphatic heterocycles. The van der Waals surface area contributed by atoms with Gasteiger partial charge in [0.25, 0.3) is 0 Å². The number of allylic oxidation sites excluding steroid dienone is 3. The molecule has 1 saturated heterocycles. The summed E-state index contributed by atoms with van der Waals surface area (Å²) < 4.78 is 12.4. The summed E-state index contributed by atoms with van der Waals surface area (Å²) in [7, 11) is 0. The van der Waals surface area contributed by atoms with E-state index in [4.69, 9.17) is 9.47 Å². The third-order valence-corrected chi connectivity index (χ3v) is 7.80. The fraction of sp³-hybridized carbons (Fsp3) is 0.800. The highest BCUT2D eigenvalue weighted by Gasteiger charge is 2.63. The van der Waals surface area contributed by atoms with Crippen LogP contribution < -0.4 is 0 Å². The molecule has 1 heterocycles. The molecule has 4 rings (SSSR count). The van der Waals surface area contributed by atoms with Crippen molar-refractivity contribution >= 4 is 0 Å². The van der Waals surface area contributed by atoms with Crippen LogP contribution in [0.3, 0.4) is 0 Å². The Balaban J connectivity index is 1.78. The van der Waals surface area contributed by atoms with Crippen LogP contribution in [0.5, 0.6) is 0 Å². The molecule has 0 aromatic heterocycles. The second kappa shape index (κ2) is 4.70. The summed E-state index contributed by atoms with van der Waals surface area (Å²) in [4.78, 5) is 0. The molecule has 0 radical (unpaired) electrons. The molecular weight excluding hydrogens is 272 g/mol. The Kier molecular flexibility index (Phi) is 3.20. The Morgan fingerprint density at radius 3 is 2.50 bits per heavy atom. The predicted octanol–water partition coefficient (Wildman–Crippen LogP) is 4.86. The van der Waals surface area contributed by atoms with Crippen molar-refractivity contribution in [2.24, 2.45) is 22.7 Å². The Morgan fingerprint density at radius 2 is 1.82 bits per heavy atom. The monoisotopic (exact) mass is 302 g/mol. The summed E-state index contributed by atoms with van der Waals surface area (Å²) in [5.41, 5.74) is 3.82. The van der Waals surface area contributed by atoms with Gasteiger partial charge >= 0.3 is 0 Å². The normalized spacial score (nSPS) is 46.7. The van der Waals surface area contributed by atoms with Crippen LogP contribution in [-0.4, -0.2) is 19.0 Å². The molecule has 0 aromatic carbocycles. The second-order valence-electron chi connectivity index (χ2n) is 8.39. The molecule has 122 valence electrons. The van der Waals surface area contributed by atoms with Gasteiger partial charge in [0, 0.05) is 17.3 Å². The van der Waals surface area contributed by atoms with Gasteiger partial charge in [-0.2, -0.15) is 0 Å². The molecule has 4 atom stereocenters. The van der Waals surface area contributed by atoms with E-state index in [0.717, 1.165) is 19.6 Å². The van der Waals surface area contributed by atoms with E-state index in [1.165, 1.54) is 32.1 Å². The fourth-order valence-electron chi connectivity index (χ4n) is 6.05. The predicted molar refractivity (Wildman–Crippen MR) is 88.4 cm³/mol. The molecule has 2 nitrogen and oxygen atoms in total. The van der Waals surface area contributed by atoms with Gasteiger partial charge in [0.2, 0.25) is 0 Å². The lowest BCUT2D eigenvalue weighted by atomic mass is 9.55. The molecule has 0 aromatic rings. The SMILES string of the molecule is C=C[C@]1(C)C2=C(CCC1C)C1CCC3(OCCO3)C1(C)CC2. The number of hydrogen-bond donors (Lipinski definition) is 0. The van der Waals surface area contributed by atoms with Crippen LogP contribution in [0.25, 0.3) is 0 Å². The molecule has 22 heavy (non-hydrogen) atoms. The van der Waals surface area contributed by atoms with Crippen LogP contribution in [0, 0.1) is 22.7 Å². The maximum atomic E-state index is 6.19. The van der Waals surface area contributed by atoms with Crippen molar-refractivity contribution in [1.29, 1.82) is 0 Å². The molecule has 0 amide bonds. The molecule has 4 aliphatic rings. The maximum absolute atomic E-state index is 6.19. The third kappa shape index (κ3) is 1.63. The minimum absolute atomic E-state index is 0.172. The van der Waals surface area contributed by atoms with Gasteiger partial charge in [-0.3, -0.25) is 0 Å². The van der Waals surface area contributed by atoms with E-state index < -0.39 is 0 Å². The van der Waals surface area contributed by atoms with Crippen molar-refractivity contribution in [1.82, 2.24) is 0 Å². The van der Waals surface area contributed by atoms with Crippen molar-refractivity contribution in [3.05, 3.63) is 23.8 Å². The number of hydrogen-bond acceptors (Lipinski definition) is 2. The van der Waals surface area contributed by atoms with Gasteiger partial charge in [-0.1, -0.05) is 38.0 Å². The minimum Gasteiger partial charge on any atom is -0.347 e. The largest absolute Gasteiger partial charge is 0.347 e. The zero-order valence-electron chi connectivity index (χ0n) is 14.4. The first-order chi connectivity index (χ1) is 10.5. The lowest BCUT2D eigenvalue weighted by Crippen LogP contribution is -2.49. The van der Waals surface area contributed by atoms with Crippen molar-refractivity contribution in [2.75, 3.05) is 13.2 Å². The smallest absolute Gasteiger partial charge is 0.174 e. The van der Waals surface area contributed by atoms with Crippen LogP contribution in [-0.2, 0) is 9.47 Å². The standard InChI is InChI=1S/C20H30O2/c1-5-18(3)14(2)6-7-15-16(18)8-10-19(4)17(15)9-11-20(19)21-12-13-22-20/h5,14,17H,1,6-13H2,2-4H3/t14?,17?,18-,19?/m0/s1. The van der Waals surface area contributed by atoms with Crippen LogP contribution in [0.15, 0.2) is 23.8 Å². The number of rotatable bonds is 1. The highest BCUT2D eigenvalue weighted by molar-refractivity contribution is 5.37. The van der Waals surface area contributed by atoms with E-state index in [9.17, 15) is 0 Å². The average Bonchev–Trinajstić information content (AvgIpc) is 3.10. The molecule has 2 fully saturated rings. The maximum Gasteiger partial charge on any atom is 0.174 e. The summed E-state index contributed by atoms with van der Waals surface area (Å²) in [6, 6.07) is 0. The van der Waals surface area contributed by atoms with Gasteiger partial charge in [-0.05, 0) is 43.9 Å². The Bertz CT molecular complexity index is 528. The molecule has 3 aliphatic carbocycles. The first-order valence-electron chi connectivity index (χ1n) is 9.11. The Hall–Kier alpha value is -0.600. The topological polar surface area (TPSA) is 18.5 Å². The van der Waals surface area contributed by atoms with Gasteiger partial charge in [-0.15, -0.1) is 6.58 Å². The van der Waals surface area contributed by atoms with E-state index in [0.29, 0.717) is 11.8 Å². The van der Waals surface area contributed by atoms with E-state index in [2.05, 4.69) is 33.4 Å². The van der Waals surface area contributed by atoms with Crippen LogP contribution in [0.1, 0.15) is 59.3 Å². The van der Waals surface area contributed by atoms with Crippen molar-refractivity contribution in [3.8, 4) is 0 Å². The molecule has 1 saturated carbocycles. The summed E-state index contributed by atoms with van der Waals surface area (Å²) >= 11 is 0. The second-order valence-corrected chi connectivity index (χ2v) is 8.39. The van der Waals surface area contributed by atoms with Gasteiger partial charge in [0.05, 0.1) is 13.2 Å². The molecule has 3 unspecified atom stereocenters. The van der Waals surface area contributed by atoms with Gasteiger partial charge in [0.15, 0.2) is 5.79 Å². The van der Waals surface area contributed by atoms with E-state index in [1.54, 1.807) is 11.1 Å². The molecule has 1 spiro atoms. The molecule has 0 bridgehead atoms. The van der Waals surface area contributed by atoms with Gasteiger partial charge in [0.1, 0.15) is 0 Å². The summed E-state index contributed by atoms with van der Waals surface area (Å²) in [6.07, 6.45) is 9.50. The van der Waals surface area contributed by atoms with Crippen LogP contribution in [0.2, 0.25) is 0 Å². The fourth-order valence-corrected chi connectivity index (χ4v) is 6.05. The zero-order valence-corrected chi connectivity index (χ0v) is 14.4. The highest BCUT2D eigenvalue weighted by atomic mass is 16.7. The minimum atomic E-state index is -0.288. The number of fused-ring (bicyclic) bond motifs is 3. The quantitative estimate of drug-likeness (QED) is 0.644. The van der Waals surface area contributed by atoms with Crippen molar-refractivity contribution < 1.29 is 9.47 Å². The first kappa shape index (κ1) is 15.0.